The van der Waals surface area contributed by atoms with Gasteiger partial charge in [-0.1, -0.05) is 32.6 Å². The molecule has 1 unspecified atom stereocenters. The van der Waals surface area contributed by atoms with E-state index in [0.29, 0.717) is 12.3 Å². The number of amides is 1. The first-order chi connectivity index (χ1) is 9.34. The standard InChI is InChI=1S/C16H29NO3/c1-4-13(11-12-7-5-6-8-12)15(20)17-16(2,3)10-9-14(18)19/h12-13H,4-11H2,1-3H3,(H,17,20)(H,18,19). The second-order valence-electron chi connectivity index (χ2n) is 6.76. The molecule has 1 rings (SSSR count). The first-order valence-electron chi connectivity index (χ1n) is 7.88. The van der Waals surface area contributed by atoms with Gasteiger partial charge in [0.15, 0.2) is 0 Å². The van der Waals surface area contributed by atoms with Crippen LogP contribution in [0.3, 0.4) is 0 Å². The number of hydrogen-bond acceptors (Lipinski definition) is 2. The molecule has 0 aromatic heterocycles. The summed E-state index contributed by atoms with van der Waals surface area (Å²) in [5, 5.41) is 11.8. The Hall–Kier alpha value is -1.06. The lowest BCUT2D eigenvalue weighted by atomic mass is 9.89. The molecule has 4 nitrogen and oxygen atoms in total. The van der Waals surface area contributed by atoms with E-state index in [1.54, 1.807) is 0 Å². The van der Waals surface area contributed by atoms with E-state index < -0.39 is 11.5 Å². The molecule has 116 valence electrons. The van der Waals surface area contributed by atoms with Crippen molar-refractivity contribution in [2.45, 2.75) is 77.7 Å². The van der Waals surface area contributed by atoms with Crippen LogP contribution >= 0.6 is 0 Å². The number of rotatable bonds is 8. The van der Waals surface area contributed by atoms with Gasteiger partial charge in [0, 0.05) is 17.9 Å². The predicted molar refractivity (Wildman–Crippen MR) is 79.4 cm³/mol. The van der Waals surface area contributed by atoms with Crippen molar-refractivity contribution >= 4 is 11.9 Å². The summed E-state index contributed by atoms with van der Waals surface area (Å²) in [4.78, 5) is 23.0. The van der Waals surface area contributed by atoms with Crippen molar-refractivity contribution in [1.29, 1.82) is 0 Å². The highest BCUT2D eigenvalue weighted by atomic mass is 16.4. The maximum Gasteiger partial charge on any atom is 0.303 e. The van der Waals surface area contributed by atoms with Gasteiger partial charge in [-0.2, -0.15) is 0 Å². The molecule has 0 heterocycles. The summed E-state index contributed by atoms with van der Waals surface area (Å²) in [7, 11) is 0. The molecule has 0 radical (unpaired) electrons. The molecule has 1 aliphatic carbocycles. The lowest BCUT2D eigenvalue weighted by Crippen LogP contribution is -2.46. The van der Waals surface area contributed by atoms with Gasteiger partial charge < -0.3 is 10.4 Å². The molecule has 1 amide bonds. The topological polar surface area (TPSA) is 66.4 Å². The van der Waals surface area contributed by atoms with E-state index in [9.17, 15) is 9.59 Å². The van der Waals surface area contributed by atoms with E-state index in [0.717, 1.165) is 12.8 Å². The fourth-order valence-corrected chi connectivity index (χ4v) is 3.03. The monoisotopic (exact) mass is 283 g/mol. The average Bonchev–Trinajstić information content (AvgIpc) is 2.85. The zero-order valence-corrected chi connectivity index (χ0v) is 13.1. The van der Waals surface area contributed by atoms with Crippen molar-refractivity contribution < 1.29 is 14.7 Å². The molecule has 0 aromatic carbocycles. The van der Waals surface area contributed by atoms with Crippen LogP contribution < -0.4 is 5.32 Å². The summed E-state index contributed by atoms with van der Waals surface area (Å²) < 4.78 is 0. The van der Waals surface area contributed by atoms with E-state index in [1.165, 1.54) is 25.7 Å². The largest absolute Gasteiger partial charge is 0.481 e. The maximum absolute atomic E-state index is 12.4. The first-order valence-corrected chi connectivity index (χ1v) is 7.88. The molecule has 0 aliphatic heterocycles. The minimum atomic E-state index is -0.815. The molecular formula is C16H29NO3. The molecule has 0 spiro atoms. The highest BCUT2D eigenvalue weighted by Gasteiger charge is 2.28. The van der Waals surface area contributed by atoms with E-state index >= 15 is 0 Å². The number of carboxylic acids is 1. The number of hydrogen-bond donors (Lipinski definition) is 2. The van der Waals surface area contributed by atoms with E-state index in [1.807, 2.05) is 13.8 Å². The van der Waals surface area contributed by atoms with Crippen LogP contribution in [0.25, 0.3) is 0 Å². The Morgan fingerprint density at radius 3 is 2.40 bits per heavy atom. The van der Waals surface area contributed by atoms with Gasteiger partial charge in [-0.15, -0.1) is 0 Å². The maximum atomic E-state index is 12.4. The van der Waals surface area contributed by atoms with Crippen molar-refractivity contribution in [1.82, 2.24) is 5.32 Å². The van der Waals surface area contributed by atoms with Gasteiger partial charge in [-0.25, -0.2) is 0 Å². The van der Waals surface area contributed by atoms with E-state index in [4.69, 9.17) is 5.11 Å². The molecule has 0 saturated heterocycles. The van der Waals surface area contributed by atoms with Crippen LogP contribution in [0.5, 0.6) is 0 Å². The summed E-state index contributed by atoms with van der Waals surface area (Å²) in [5.74, 6) is 0.0511. The number of carbonyl (C=O) groups excluding carboxylic acids is 1. The van der Waals surface area contributed by atoms with Crippen molar-refractivity contribution in [2.24, 2.45) is 11.8 Å². The smallest absolute Gasteiger partial charge is 0.303 e. The van der Waals surface area contributed by atoms with Crippen LogP contribution in [0.4, 0.5) is 0 Å². The third-order valence-electron chi connectivity index (χ3n) is 4.38. The normalized spacial score (nSPS) is 17.9. The second-order valence-corrected chi connectivity index (χ2v) is 6.76. The Balaban J connectivity index is 2.46. The Morgan fingerprint density at radius 1 is 1.30 bits per heavy atom. The van der Waals surface area contributed by atoms with E-state index in [2.05, 4.69) is 12.2 Å². The van der Waals surface area contributed by atoms with Crippen LogP contribution in [-0.2, 0) is 9.59 Å². The van der Waals surface area contributed by atoms with Gasteiger partial charge in [0.25, 0.3) is 0 Å². The average molecular weight is 283 g/mol. The van der Waals surface area contributed by atoms with Crippen LogP contribution in [0.2, 0.25) is 0 Å². The molecule has 1 saturated carbocycles. The summed E-state index contributed by atoms with van der Waals surface area (Å²) >= 11 is 0. The Labute approximate surface area is 122 Å². The fourth-order valence-electron chi connectivity index (χ4n) is 3.03. The quantitative estimate of drug-likeness (QED) is 0.718. The second kappa shape index (κ2) is 7.65. The lowest BCUT2D eigenvalue weighted by molar-refractivity contribution is -0.138. The minimum absolute atomic E-state index is 0.0715. The summed E-state index contributed by atoms with van der Waals surface area (Å²) in [6, 6.07) is 0. The van der Waals surface area contributed by atoms with Gasteiger partial charge >= 0.3 is 5.97 Å². The number of nitrogens with one attached hydrogen (secondary N) is 1. The van der Waals surface area contributed by atoms with Gasteiger partial charge in [0.05, 0.1) is 0 Å². The van der Waals surface area contributed by atoms with Gasteiger partial charge in [0.2, 0.25) is 5.91 Å². The summed E-state index contributed by atoms with van der Waals surface area (Å²) in [6.07, 6.45) is 7.51. The Morgan fingerprint density at radius 2 is 1.90 bits per heavy atom. The third-order valence-corrected chi connectivity index (χ3v) is 4.38. The summed E-state index contributed by atoms with van der Waals surface area (Å²) in [6.45, 7) is 5.86. The highest BCUT2D eigenvalue weighted by Crippen LogP contribution is 2.31. The molecule has 1 aliphatic rings. The molecule has 0 aromatic rings. The van der Waals surface area contributed by atoms with Crippen LogP contribution in [0.15, 0.2) is 0 Å². The summed E-state index contributed by atoms with van der Waals surface area (Å²) in [5.41, 5.74) is -0.446. The number of aliphatic carboxylic acids is 1. The SMILES string of the molecule is CCC(CC1CCCC1)C(=O)NC(C)(C)CCC(=O)O. The van der Waals surface area contributed by atoms with Gasteiger partial charge in [0.1, 0.15) is 0 Å². The molecular weight excluding hydrogens is 254 g/mol. The van der Waals surface area contributed by atoms with Crippen LogP contribution in [0.1, 0.15) is 72.1 Å². The van der Waals surface area contributed by atoms with Gasteiger partial charge in [-0.05, 0) is 39.0 Å². The lowest BCUT2D eigenvalue weighted by Gasteiger charge is -2.29. The molecule has 20 heavy (non-hydrogen) atoms. The van der Waals surface area contributed by atoms with Crippen molar-refractivity contribution in [2.75, 3.05) is 0 Å². The Bertz CT molecular complexity index is 333. The minimum Gasteiger partial charge on any atom is -0.481 e. The van der Waals surface area contributed by atoms with Gasteiger partial charge in [-0.3, -0.25) is 9.59 Å². The van der Waals surface area contributed by atoms with Crippen molar-refractivity contribution in [3.05, 3.63) is 0 Å². The zero-order valence-electron chi connectivity index (χ0n) is 13.1. The van der Waals surface area contributed by atoms with Crippen LogP contribution in [-0.4, -0.2) is 22.5 Å². The third kappa shape index (κ3) is 5.93. The molecule has 0 bridgehead atoms. The van der Waals surface area contributed by atoms with Crippen molar-refractivity contribution in [3.63, 3.8) is 0 Å². The Kier molecular flexibility index (Phi) is 6.50. The first kappa shape index (κ1) is 17.0. The predicted octanol–water partition coefficient (Wildman–Crippen LogP) is 3.35. The number of carboxylic acid groups (broad SMARTS) is 1. The fraction of sp³-hybridized carbons (Fsp3) is 0.875. The molecule has 4 heteroatoms. The highest BCUT2D eigenvalue weighted by molar-refractivity contribution is 5.79. The van der Waals surface area contributed by atoms with Crippen LogP contribution in [0, 0.1) is 11.8 Å². The number of carbonyl (C=O) groups is 2. The molecule has 1 fully saturated rings. The van der Waals surface area contributed by atoms with Crippen molar-refractivity contribution in [3.8, 4) is 0 Å². The van der Waals surface area contributed by atoms with E-state index in [-0.39, 0.29) is 18.2 Å². The molecule has 2 N–H and O–H groups in total. The molecule has 1 atom stereocenters. The zero-order chi connectivity index (χ0) is 15.2.